The zero-order valence-corrected chi connectivity index (χ0v) is 17.9. The van der Waals surface area contributed by atoms with Crippen LogP contribution in [0.2, 0.25) is 0 Å². The van der Waals surface area contributed by atoms with Crippen molar-refractivity contribution in [3.63, 3.8) is 0 Å². The van der Waals surface area contributed by atoms with Gasteiger partial charge in [0.2, 0.25) is 0 Å². The van der Waals surface area contributed by atoms with Crippen molar-refractivity contribution >= 4 is 17.4 Å². The molecule has 2 aromatic rings. The Morgan fingerprint density at radius 3 is 2.33 bits per heavy atom. The molecule has 2 heterocycles. The molecule has 1 atom stereocenters. The van der Waals surface area contributed by atoms with E-state index in [-0.39, 0.29) is 12.1 Å². The second-order valence-corrected chi connectivity index (χ2v) is 7.65. The Bertz CT molecular complexity index is 967. The van der Waals surface area contributed by atoms with E-state index in [1.807, 2.05) is 19.1 Å². The summed E-state index contributed by atoms with van der Waals surface area (Å²) in [6.45, 7) is 4.19. The van der Waals surface area contributed by atoms with Gasteiger partial charge < -0.3 is 19.7 Å². The third-order valence-electron chi connectivity index (χ3n) is 5.79. The summed E-state index contributed by atoms with van der Waals surface area (Å²) in [6, 6.07) is 12.0. The summed E-state index contributed by atoms with van der Waals surface area (Å²) in [7, 11) is 4.87. The van der Waals surface area contributed by atoms with Gasteiger partial charge in [-0.15, -0.1) is 0 Å². The third-order valence-corrected chi connectivity index (χ3v) is 5.79. The number of amides is 2. The molecule has 0 spiro atoms. The van der Waals surface area contributed by atoms with Crippen molar-refractivity contribution in [1.82, 2.24) is 10.3 Å². The molecule has 1 unspecified atom stereocenters. The Labute approximate surface area is 177 Å². The van der Waals surface area contributed by atoms with Crippen molar-refractivity contribution < 1.29 is 14.3 Å². The minimum atomic E-state index is -0.232. The molecule has 1 fully saturated rings. The quantitative estimate of drug-likeness (QED) is 0.843. The van der Waals surface area contributed by atoms with Gasteiger partial charge >= 0.3 is 6.03 Å². The van der Waals surface area contributed by atoms with E-state index < -0.39 is 0 Å². The lowest BCUT2D eigenvalue weighted by molar-refractivity contribution is 0.184. The lowest BCUT2D eigenvalue weighted by atomic mass is 9.93. The monoisotopic (exact) mass is 408 g/mol. The number of nitrogens with zero attached hydrogens (tertiary/aromatic N) is 3. The first-order valence-electron chi connectivity index (χ1n) is 10.3. The fourth-order valence-electron chi connectivity index (χ4n) is 3.95. The zero-order valence-electron chi connectivity index (χ0n) is 17.9. The van der Waals surface area contributed by atoms with Gasteiger partial charge in [-0.25, -0.2) is 9.80 Å². The van der Waals surface area contributed by atoms with Crippen LogP contribution in [0.25, 0.3) is 0 Å². The van der Waals surface area contributed by atoms with E-state index in [0.717, 1.165) is 35.5 Å². The number of hydrazone groups is 1. The highest BCUT2D eigenvalue weighted by molar-refractivity contribution is 6.14. The maximum Gasteiger partial charge on any atom is 0.337 e. The van der Waals surface area contributed by atoms with Gasteiger partial charge in [-0.2, -0.15) is 5.10 Å². The molecule has 4 rings (SSSR count). The first kappa shape index (κ1) is 20.1. The number of ether oxygens (including phenoxy) is 2. The maximum atomic E-state index is 12.5. The number of methoxy groups -OCH3 is 2. The van der Waals surface area contributed by atoms with Crippen LogP contribution in [0.5, 0.6) is 11.5 Å². The summed E-state index contributed by atoms with van der Waals surface area (Å²) in [5.41, 5.74) is 4.92. The molecule has 0 aromatic heterocycles. The van der Waals surface area contributed by atoms with Crippen LogP contribution in [0.4, 0.5) is 10.5 Å². The number of nitrogens with one attached hydrogen (secondary N) is 1. The fraction of sp³-hybridized carbons (Fsp3) is 0.391. The summed E-state index contributed by atoms with van der Waals surface area (Å²) in [6.07, 6.45) is 1.89. The molecular weight excluding hydrogens is 380 g/mol. The van der Waals surface area contributed by atoms with Gasteiger partial charge in [0.05, 0.1) is 26.0 Å². The van der Waals surface area contributed by atoms with Crippen LogP contribution in [0, 0.1) is 0 Å². The van der Waals surface area contributed by atoms with Crippen molar-refractivity contribution in [1.29, 1.82) is 0 Å². The summed E-state index contributed by atoms with van der Waals surface area (Å²) in [5, 5.41) is 9.03. The van der Waals surface area contributed by atoms with Crippen LogP contribution in [-0.4, -0.2) is 57.2 Å². The molecule has 2 aliphatic heterocycles. The standard InChI is InChI=1S/C23H28N4O3/c1-15-12-17-13-20(29-3)21(30-4)14-19(17)22(25-27(15)23(28)24-2)16-6-8-18(9-7-16)26-10-5-11-26/h6-9,13-15H,5,10-12H2,1-4H3,(H,24,28). The number of rotatable bonds is 4. The van der Waals surface area contributed by atoms with Crippen molar-refractivity contribution in [2.45, 2.75) is 25.8 Å². The Morgan fingerprint density at radius 1 is 1.10 bits per heavy atom. The number of fused-ring (bicyclic) bond motifs is 1. The van der Waals surface area contributed by atoms with E-state index in [2.05, 4.69) is 34.5 Å². The molecule has 0 radical (unpaired) electrons. The Kier molecular flexibility index (Phi) is 5.53. The van der Waals surface area contributed by atoms with Gasteiger partial charge in [0.1, 0.15) is 0 Å². The first-order chi connectivity index (χ1) is 14.5. The van der Waals surface area contributed by atoms with Gasteiger partial charge in [-0.05, 0) is 49.6 Å². The molecule has 158 valence electrons. The number of hydrogen-bond donors (Lipinski definition) is 1. The van der Waals surface area contributed by atoms with Gasteiger partial charge in [0.15, 0.2) is 11.5 Å². The molecular formula is C23H28N4O3. The van der Waals surface area contributed by atoms with Crippen LogP contribution >= 0.6 is 0 Å². The second kappa shape index (κ2) is 8.26. The molecule has 1 saturated heterocycles. The lowest BCUT2D eigenvalue weighted by Gasteiger charge is -2.33. The van der Waals surface area contributed by atoms with Crippen molar-refractivity contribution in [3.05, 3.63) is 53.1 Å². The Hall–Kier alpha value is -3.22. The molecule has 7 nitrogen and oxygen atoms in total. The number of carbonyl (C=O) groups is 1. The fourth-order valence-corrected chi connectivity index (χ4v) is 3.95. The summed E-state index contributed by atoms with van der Waals surface area (Å²) >= 11 is 0. The molecule has 30 heavy (non-hydrogen) atoms. The number of urea groups is 1. The predicted molar refractivity (Wildman–Crippen MR) is 118 cm³/mol. The smallest absolute Gasteiger partial charge is 0.337 e. The van der Waals surface area contributed by atoms with Gasteiger partial charge in [0.25, 0.3) is 0 Å². The summed E-state index contributed by atoms with van der Waals surface area (Å²) < 4.78 is 11.1. The highest BCUT2D eigenvalue weighted by atomic mass is 16.5. The highest BCUT2D eigenvalue weighted by Gasteiger charge is 2.28. The molecule has 0 aliphatic carbocycles. The Balaban J connectivity index is 1.84. The van der Waals surface area contributed by atoms with E-state index in [4.69, 9.17) is 14.6 Å². The number of benzene rings is 2. The average molecular weight is 409 g/mol. The average Bonchev–Trinajstić information content (AvgIpc) is 2.87. The van der Waals surface area contributed by atoms with Crippen LogP contribution in [0.15, 0.2) is 41.5 Å². The van der Waals surface area contributed by atoms with E-state index >= 15 is 0 Å². The largest absolute Gasteiger partial charge is 0.493 e. The molecule has 2 aliphatic rings. The molecule has 7 heteroatoms. The molecule has 1 N–H and O–H groups in total. The van der Waals surface area contributed by atoms with Gasteiger partial charge in [-0.1, -0.05) is 12.1 Å². The van der Waals surface area contributed by atoms with E-state index in [1.165, 1.54) is 17.1 Å². The first-order valence-corrected chi connectivity index (χ1v) is 10.3. The van der Waals surface area contributed by atoms with Crippen LogP contribution in [0.1, 0.15) is 30.0 Å². The molecule has 2 aromatic carbocycles. The second-order valence-electron chi connectivity index (χ2n) is 7.65. The molecule has 0 bridgehead atoms. The topological polar surface area (TPSA) is 66.4 Å². The predicted octanol–water partition coefficient (Wildman–Crippen LogP) is 3.25. The molecule has 2 amide bonds. The summed E-state index contributed by atoms with van der Waals surface area (Å²) in [4.78, 5) is 14.9. The Morgan fingerprint density at radius 2 is 1.77 bits per heavy atom. The minimum absolute atomic E-state index is 0.111. The van der Waals surface area contributed by atoms with E-state index in [9.17, 15) is 4.79 Å². The van der Waals surface area contributed by atoms with Gasteiger partial charge in [-0.3, -0.25) is 0 Å². The van der Waals surface area contributed by atoms with Crippen molar-refractivity contribution in [2.24, 2.45) is 5.10 Å². The zero-order chi connectivity index (χ0) is 21.3. The van der Waals surface area contributed by atoms with Crippen LogP contribution in [-0.2, 0) is 6.42 Å². The third kappa shape index (κ3) is 3.56. The molecule has 0 saturated carbocycles. The lowest BCUT2D eigenvalue weighted by Crippen LogP contribution is -2.41. The normalized spacial score (nSPS) is 18.0. The highest BCUT2D eigenvalue weighted by Crippen LogP contribution is 2.35. The van der Waals surface area contributed by atoms with Gasteiger partial charge in [0, 0.05) is 37.0 Å². The van der Waals surface area contributed by atoms with E-state index in [1.54, 1.807) is 21.3 Å². The van der Waals surface area contributed by atoms with Crippen molar-refractivity contribution in [2.75, 3.05) is 39.3 Å². The van der Waals surface area contributed by atoms with Crippen LogP contribution < -0.4 is 19.7 Å². The SMILES string of the molecule is CNC(=O)N1N=C(c2ccc(N3CCC3)cc2)c2cc(OC)c(OC)cc2CC1C. The number of hydrogen-bond acceptors (Lipinski definition) is 5. The number of anilines is 1. The minimum Gasteiger partial charge on any atom is -0.493 e. The van der Waals surface area contributed by atoms with E-state index in [0.29, 0.717) is 17.9 Å². The van der Waals surface area contributed by atoms with Crippen molar-refractivity contribution in [3.8, 4) is 11.5 Å². The maximum absolute atomic E-state index is 12.5. The van der Waals surface area contributed by atoms with Crippen LogP contribution in [0.3, 0.4) is 0 Å². The summed E-state index contributed by atoms with van der Waals surface area (Å²) in [5.74, 6) is 1.31. The number of carbonyl (C=O) groups excluding carboxylic acids is 1.